The number of nitrogens with two attached hydrogens (primary N) is 1. The quantitative estimate of drug-likeness (QED) is 0.645. The van der Waals surface area contributed by atoms with E-state index >= 15 is 0 Å². The topological polar surface area (TPSA) is 56.2 Å². The van der Waals surface area contributed by atoms with E-state index in [4.69, 9.17) is 5.73 Å². The van der Waals surface area contributed by atoms with E-state index in [0.717, 1.165) is 16.8 Å². The third-order valence-electron chi connectivity index (χ3n) is 2.69. The molecular weight excluding hydrogens is 212 g/mol. The first-order valence-electron chi connectivity index (χ1n) is 5.42. The number of pyridine rings is 1. The Morgan fingerprint density at radius 2 is 2.00 bits per heavy atom. The molecule has 4 nitrogen and oxygen atoms in total. The van der Waals surface area contributed by atoms with Crippen LogP contribution in [0.3, 0.4) is 0 Å². The van der Waals surface area contributed by atoms with Crippen LogP contribution in [-0.4, -0.2) is 14.6 Å². The first-order valence-corrected chi connectivity index (χ1v) is 5.42. The number of rotatable bonds is 1. The Balaban J connectivity index is 2.22. The van der Waals surface area contributed by atoms with Gasteiger partial charge in [0.05, 0.1) is 0 Å². The minimum atomic E-state index is 0.661. The second-order valence-electron chi connectivity index (χ2n) is 4.03. The summed E-state index contributed by atoms with van der Waals surface area (Å²) in [6, 6.07) is 11.6. The maximum Gasteiger partial charge on any atom is 0.184 e. The number of fused-ring (bicyclic) bond motifs is 1. The average molecular weight is 224 g/mol. The minimum absolute atomic E-state index is 0.661. The van der Waals surface area contributed by atoms with Crippen LogP contribution >= 0.6 is 0 Å². The van der Waals surface area contributed by atoms with E-state index in [1.165, 1.54) is 0 Å². The standard InChI is InChI=1S/C13H12N4/c1-9-6-7-17-12(8-9)15-13(16-17)10-4-2-3-5-11(10)14/h2-8H,14H2,1H3. The zero-order valence-electron chi connectivity index (χ0n) is 9.46. The number of nitrogen functional groups attached to an aromatic ring is 1. The first kappa shape index (κ1) is 9.84. The Morgan fingerprint density at radius 1 is 1.18 bits per heavy atom. The predicted octanol–water partition coefficient (Wildman–Crippen LogP) is 2.29. The molecule has 0 spiro atoms. The number of hydrogen-bond acceptors (Lipinski definition) is 3. The summed E-state index contributed by atoms with van der Waals surface area (Å²) in [6.45, 7) is 2.03. The average Bonchev–Trinajstić information content (AvgIpc) is 2.72. The van der Waals surface area contributed by atoms with Gasteiger partial charge in [0.2, 0.25) is 0 Å². The zero-order chi connectivity index (χ0) is 11.8. The third-order valence-corrected chi connectivity index (χ3v) is 2.69. The van der Waals surface area contributed by atoms with Crippen molar-refractivity contribution >= 4 is 11.3 Å². The summed E-state index contributed by atoms with van der Waals surface area (Å²) in [5.41, 5.74) is 9.48. The monoisotopic (exact) mass is 224 g/mol. The van der Waals surface area contributed by atoms with Gasteiger partial charge in [-0.25, -0.2) is 9.50 Å². The smallest absolute Gasteiger partial charge is 0.184 e. The third kappa shape index (κ3) is 1.63. The van der Waals surface area contributed by atoms with E-state index in [2.05, 4.69) is 10.1 Å². The van der Waals surface area contributed by atoms with E-state index < -0.39 is 0 Å². The zero-order valence-corrected chi connectivity index (χ0v) is 9.46. The van der Waals surface area contributed by atoms with Crippen molar-refractivity contribution < 1.29 is 0 Å². The van der Waals surface area contributed by atoms with Gasteiger partial charge in [-0.2, -0.15) is 0 Å². The number of nitrogens with zero attached hydrogens (tertiary/aromatic N) is 3. The van der Waals surface area contributed by atoms with Gasteiger partial charge >= 0.3 is 0 Å². The molecule has 0 aliphatic heterocycles. The molecule has 0 unspecified atom stereocenters. The fraction of sp³-hybridized carbons (Fsp3) is 0.0769. The molecule has 3 aromatic rings. The fourth-order valence-electron chi connectivity index (χ4n) is 1.80. The Bertz CT molecular complexity index is 685. The molecule has 0 bridgehead atoms. The normalized spacial score (nSPS) is 10.9. The maximum absolute atomic E-state index is 5.92. The summed E-state index contributed by atoms with van der Waals surface area (Å²) < 4.78 is 1.76. The summed E-state index contributed by atoms with van der Waals surface area (Å²) in [5, 5.41) is 4.41. The number of anilines is 1. The van der Waals surface area contributed by atoms with Gasteiger partial charge in [0, 0.05) is 17.4 Å². The molecular formula is C13H12N4. The summed E-state index contributed by atoms with van der Waals surface area (Å²) in [5.74, 6) is 0.661. The van der Waals surface area contributed by atoms with Crippen molar-refractivity contribution in [2.45, 2.75) is 6.92 Å². The molecule has 0 atom stereocenters. The molecule has 0 radical (unpaired) electrons. The number of para-hydroxylation sites is 1. The molecule has 0 saturated heterocycles. The van der Waals surface area contributed by atoms with Gasteiger partial charge in [0.1, 0.15) is 0 Å². The molecule has 0 aliphatic rings. The number of aromatic nitrogens is 3. The molecule has 17 heavy (non-hydrogen) atoms. The summed E-state index contributed by atoms with van der Waals surface area (Å²) in [6.07, 6.45) is 1.90. The van der Waals surface area contributed by atoms with Crippen LogP contribution in [0.25, 0.3) is 17.0 Å². The number of benzene rings is 1. The second kappa shape index (κ2) is 3.59. The van der Waals surface area contributed by atoms with E-state index in [-0.39, 0.29) is 0 Å². The van der Waals surface area contributed by atoms with E-state index in [9.17, 15) is 0 Å². The Morgan fingerprint density at radius 3 is 2.82 bits per heavy atom. The van der Waals surface area contributed by atoms with Crippen LogP contribution in [0.1, 0.15) is 5.56 Å². The van der Waals surface area contributed by atoms with Gasteiger partial charge in [-0.1, -0.05) is 12.1 Å². The molecule has 3 rings (SSSR count). The van der Waals surface area contributed by atoms with Crippen molar-refractivity contribution in [3.05, 3.63) is 48.2 Å². The second-order valence-corrected chi connectivity index (χ2v) is 4.03. The highest BCUT2D eigenvalue weighted by atomic mass is 15.3. The van der Waals surface area contributed by atoms with E-state index in [1.54, 1.807) is 4.52 Å². The van der Waals surface area contributed by atoms with Gasteiger partial charge in [-0.05, 0) is 36.8 Å². The summed E-state index contributed by atoms with van der Waals surface area (Å²) in [7, 11) is 0. The van der Waals surface area contributed by atoms with E-state index in [1.807, 2.05) is 49.5 Å². The van der Waals surface area contributed by atoms with Gasteiger partial charge < -0.3 is 5.73 Å². The summed E-state index contributed by atoms with van der Waals surface area (Å²) >= 11 is 0. The molecule has 2 heterocycles. The lowest BCUT2D eigenvalue weighted by Crippen LogP contribution is -1.91. The SMILES string of the molecule is Cc1ccn2nc(-c3ccccc3N)nc2c1. The molecule has 84 valence electrons. The van der Waals surface area contributed by atoms with E-state index in [0.29, 0.717) is 11.5 Å². The molecule has 1 aromatic carbocycles. The highest BCUT2D eigenvalue weighted by Gasteiger charge is 2.08. The largest absolute Gasteiger partial charge is 0.398 e. The van der Waals surface area contributed by atoms with Crippen LogP contribution in [0.4, 0.5) is 5.69 Å². The van der Waals surface area contributed by atoms with Crippen molar-refractivity contribution in [2.75, 3.05) is 5.73 Å². The highest BCUT2D eigenvalue weighted by molar-refractivity contribution is 5.72. The Labute approximate surface area is 98.7 Å². The predicted molar refractivity (Wildman–Crippen MR) is 67.6 cm³/mol. The minimum Gasteiger partial charge on any atom is -0.398 e. The molecule has 2 aromatic heterocycles. The lowest BCUT2D eigenvalue weighted by atomic mass is 10.2. The van der Waals surface area contributed by atoms with Crippen molar-refractivity contribution in [1.82, 2.24) is 14.6 Å². The number of aryl methyl sites for hydroxylation is 1. The Kier molecular flexibility index (Phi) is 2.08. The molecule has 0 saturated carbocycles. The molecule has 4 heteroatoms. The number of hydrogen-bond donors (Lipinski definition) is 1. The molecule has 0 aliphatic carbocycles. The van der Waals surface area contributed by atoms with Crippen LogP contribution < -0.4 is 5.73 Å². The van der Waals surface area contributed by atoms with Crippen LogP contribution in [-0.2, 0) is 0 Å². The van der Waals surface area contributed by atoms with Crippen LogP contribution in [0, 0.1) is 6.92 Å². The highest BCUT2D eigenvalue weighted by Crippen LogP contribution is 2.22. The lowest BCUT2D eigenvalue weighted by Gasteiger charge is -1.98. The fourth-order valence-corrected chi connectivity index (χ4v) is 1.80. The Hall–Kier alpha value is -2.36. The van der Waals surface area contributed by atoms with Crippen molar-refractivity contribution in [3.8, 4) is 11.4 Å². The molecule has 0 fully saturated rings. The van der Waals surface area contributed by atoms with Crippen molar-refractivity contribution in [2.24, 2.45) is 0 Å². The van der Waals surface area contributed by atoms with Gasteiger partial charge in [-0.3, -0.25) is 0 Å². The molecule has 0 amide bonds. The van der Waals surface area contributed by atoms with Crippen LogP contribution in [0.2, 0.25) is 0 Å². The van der Waals surface area contributed by atoms with Gasteiger partial charge in [-0.15, -0.1) is 5.10 Å². The van der Waals surface area contributed by atoms with Crippen molar-refractivity contribution in [1.29, 1.82) is 0 Å². The lowest BCUT2D eigenvalue weighted by molar-refractivity contribution is 0.962. The van der Waals surface area contributed by atoms with Crippen LogP contribution in [0.5, 0.6) is 0 Å². The molecule has 2 N–H and O–H groups in total. The maximum atomic E-state index is 5.92. The van der Waals surface area contributed by atoms with Gasteiger partial charge in [0.15, 0.2) is 11.5 Å². The first-order chi connectivity index (χ1) is 8.24. The van der Waals surface area contributed by atoms with Crippen LogP contribution in [0.15, 0.2) is 42.6 Å². The summed E-state index contributed by atoms with van der Waals surface area (Å²) in [4.78, 5) is 4.48. The van der Waals surface area contributed by atoms with Gasteiger partial charge in [0.25, 0.3) is 0 Å². The van der Waals surface area contributed by atoms with Crippen molar-refractivity contribution in [3.63, 3.8) is 0 Å².